The Hall–Kier alpha value is 0.830. The summed E-state index contributed by atoms with van der Waals surface area (Å²) in [4.78, 5) is 0. The summed E-state index contributed by atoms with van der Waals surface area (Å²) in [6, 6.07) is 0. The van der Waals surface area contributed by atoms with Gasteiger partial charge in [0.1, 0.15) is 5.56 Å². The SMILES string of the molecule is OC(Cl)C(Cl)CCl. The Labute approximate surface area is 57.2 Å². The molecular weight excluding hydrogens is 158 g/mol. The monoisotopic (exact) mass is 162 g/mol. The van der Waals surface area contributed by atoms with Gasteiger partial charge in [0.15, 0.2) is 0 Å². The summed E-state index contributed by atoms with van der Waals surface area (Å²) in [5.41, 5.74) is -1.03. The van der Waals surface area contributed by atoms with Crippen molar-refractivity contribution in [3.05, 3.63) is 0 Å². The van der Waals surface area contributed by atoms with E-state index in [1.807, 2.05) is 0 Å². The summed E-state index contributed by atoms with van der Waals surface area (Å²) in [6.07, 6.45) is 0. The Bertz CT molecular complexity index is 47.4. The molecule has 0 aliphatic rings. The fourth-order valence-electron chi connectivity index (χ4n) is 0.0735. The largest absolute Gasteiger partial charge is 0.376 e. The molecule has 0 aromatic carbocycles. The first-order valence-electron chi connectivity index (χ1n) is 1.70. The normalized spacial score (nSPS) is 18.9. The number of aliphatic hydroxyl groups is 1. The summed E-state index contributed by atoms with van der Waals surface area (Å²) in [5.74, 6) is 0.173. The van der Waals surface area contributed by atoms with Gasteiger partial charge in [-0.15, -0.1) is 23.2 Å². The molecule has 0 bridgehead atoms. The lowest BCUT2D eigenvalue weighted by Crippen LogP contribution is -2.14. The fraction of sp³-hybridized carbons (Fsp3) is 1.00. The smallest absolute Gasteiger partial charge is 0.145 e. The van der Waals surface area contributed by atoms with Crippen molar-refractivity contribution in [2.24, 2.45) is 0 Å². The van der Waals surface area contributed by atoms with E-state index in [2.05, 4.69) is 0 Å². The highest BCUT2D eigenvalue weighted by molar-refractivity contribution is 6.33. The zero-order valence-electron chi connectivity index (χ0n) is 3.44. The van der Waals surface area contributed by atoms with Gasteiger partial charge >= 0.3 is 0 Å². The molecule has 0 saturated heterocycles. The van der Waals surface area contributed by atoms with Gasteiger partial charge in [-0.25, -0.2) is 0 Å². The number of halogens is 3. The van der Waals surface area contributed by atoms with E-state index in [0.717, 1.165) is 0 Å². The third-order valence-electron chi connectivity index (χ3n) is 0.446. The van der Waals surface area contributed by atoms with Gasteiger partial charge in [-0.1, -0.05) is 11.6 Å². The molecular formula is C3H5Cl3O. The van der Waals surface area contributed by atoms with Crippen LogP contribution in [-0.2, 0) is 0 Å². The van der Waals surface area contributed by atoms with Crippen molar-refractivity contribution in [1.29, 1.82) is 0 Å². The first-order valence-corrected chi connectivity index (χ1v) is 3.11. The summed E-state index contributed by atoms with van der Waals surface area (Å²) in [7, 11) is 0. The molecule has 1 N–H and O–H groups in total. The maximum Gasteiger partial charge on any atom is 0.145 e. The van der Waals surface area contributed by atoms with E-state index in [4.69, 9.17) is 39.9 Å². The summed E-state index contributed by atoms with van der Waals surface area (Å²) in [6.45, 7) is 0. The molecule has 2 atom stereocenters. The quantitative estimate of drug-likeness (QED) is 0.610. The Morgan fingerprint density at radius 1 is 1.43 bits per heavy atom. The van der Waals surface area contributed by atoms with Crippen LogP contribution in [0.25, 0.3) is 0 Å². The molecule has 7 heavy (non-hydrogen) atoms. The van der Waals surface area contributed by atoms with Crippen molar-refractivity contribution in [3.63, 3.8) is 0 Å². The third-order valence-corrected chi connectivity index (χ3v) is 1.76. The van der Waals surface area contributed by atoms with Gasteiger partial charge in [-0.2, -0.15) is 0 Å². The second-order valence-electron chi connectivity index (χ2n) is 1.04. The van der Waals surface area contributed by atoms with Crippen LogP contribution in [0.5, 0.6) is 0 Å². The van der Waals surface area contributed by atoms with Crippen LogP contribution >= 0.6 is 34.8 Å². The Balaban J connectivity index is 3.14. The van der Waals surface area contributed by atoms with Gasteiger partial charge < -0.3 is 5.11 Å². The summed E-state index contributed by atoms with van der Waals surface area (Å²) in [5, 5.41) is 7.83. The maximum absolute atomic E-state index is 8.37. The van der Waals surface area contributed by atoms with Gasteiger partial charge in [0.05, 0.1) is 5.38 Å². The lowest BCUT2D eigenvalue weighted by Gasteiger charge is -2.03. The minimum absolute atomic E-state index is 0.173. The summed E-state index contributed by atoms with van der Waals surface area (Å²) < 4.78 is 0. The molecule has 0 spiro atoms. The molecule has 0 saturated carbocycles. The molecule has 0 aliphatic carbocycles. The molecule has 0 fully saturated rings. The van der Waals surface area contributed by atoms with E-state index in [9.17, 15) is 0 Å². The van der Waals surface area contributed by atoms with Gasteiger partial charge in [0.25, 0.3) is 0 Å². The molecule has 0 amide bonds. The zero-order valence-corrected chi connectivity index (χ0v) is 5.71. The van der Waals surface area contributed by atoms with Gasteiger partial charge in [0, 0.05) is 5.88 Å². The molecule has 0 aromatic rings. The van der Waals surface area contributed by atoms with Crippen LogP contribution in [0.1, 0.15) is 0 Å². The molecule has 4 heteroatoms. The Morgan fingerprint density at radius 2 is 1.86 bits per heavy atom. The van der Waals surface area contributed by atoms with Crippen LogP contribution in [-0.4, -0.2) is 21.9 Å². The number of hydrogen-bond donors (Lipinski definition) is 1. The van der Waals surface area contributed by atoms with Crippen LogP contribution < -0.4 is 0 Å². The van der Waals surface area contributed by atoms with Crippen molar-refractivity contribution >= 4 is 34.8 Å². The molecule has 0 aromatic heterocycles. The molecule has 1 nitrogen and oxygen atoms in total. The predicted octanol–water partition coefficient (Wildman–Crippen LogP) is 1.39. The molecule has 0 radical (unpaired) electrons. The third kappa shape index (κ3) is 3.42. The standard InChI is InChI=1S/C3H5Cl3O/c4-1-2(5)3(6)7/h2-3,7H,1H2. The molecule has 44 valence electrons. The van der Waals surface area contributed by atoms with Crippen LogP contribution in [0.3, 0.4) is 0 Å². The lowest BCUT2D eigenvalue weighted by molar-refractivity contribution is 0.256. The Kier molecular flexibility index (Phi) is 4.24. The first-order chi connectivity index (χ1) is 3.18. The van der Waals surface area contributed by atoms with Crippen molar-refractivity contribution < 1.29 is 5.11 Å². The summed E-state index contributed by atoms with van der Waals surface area (Å²) >= 11 is 15.5. The first kappa shape index (κ1) is 7.83. The lowest BCUT2D eigenvalue weighted by atomic mass is 10.5. The number of alkyl halides is 3. The predicted molar refractivity (Wildman–Crippen MR) is 32.2 cm³/mol. The van der Waals surface area contributed by atoms with Crippen molar-refractivity contribution in [1.82, 2.24) is 0 Å². The minimum Gasteiger partial charge on any atom is -0.376 e. The van der Waals surface area contributed by atoms with Crippen molar-refractivity contribution in [3.8, 4) is 0 Å². The molecule has 0 heterocycles. The second-order valence-corrected chi connectivity index (χ2v) is 2.36. The highest BCUT2D eigenvalue weighted by Gasteiger charge is 2.09. The highest BCUT2D eigenvalue weighted by Crippen LogP contribution is 2.07. The van der Waals surface area contributed by atoms with Crippen molar-refractivity contribution in [2.45, 2.75) is 10.9 Å². The Morgan fingerprint density at radius 3 is 1.86 bits per heavy atom. The van der Waals surface area contributed by atoms with Gasteiger partial charge in [0.2, 0.25) is 0 Å². The van der Waals surface area contributed by atoms with Gasteiger partial charge in [-0.3, -0.25) is 0 Å². The number of aliphatic hydroxyl groups excluding tert-OH is 1. The zero-order chi connectivity index (χ0) is 5.86. The van der Waals surface area contributed by atoms with Crippen LogP contribution in [0.2, 0.25) is 0 Å². The van der Waals surface area contributed by atoms with E-state index >= 15 is 0 Å². The van der Waals surface area contributed by atoms with E-state index in [1.54, 1.807) is 0 Å². The highest BCUT2D eigenvalue weighted by atomic mass is 35.5. The molecule has 0 aliphatic heterocycles. The number of rotatable bonds is 2. The average molecular weight is 163 g/mol. The molecule has 2 unspecified atom stereocenters. The van der Waals surface area contributed by atoms with Crippen LogP contribution in [0, 0.1) is 0 Å². The van der Waals surface area contributed by atoms with E-state index in [0.29, 0.717) is 0 Å². The minimum atomic E-state index is -1.03. The van der Waals surface area contributed by atoms with E-state index < -0.39 is 10.9 Å². The van der Waals surface area contributed by atoms with E-state index in [1.165, 1.54) is 0 Å². The van der Waals surface area contributed by atoms with Crippen molar-refractivity contribution in [2.75, 3.05) is 5.88 Å². The average Bonchev–Trinajstić information content (AvgIpc) is 1.65. The van der Waals surface area contributed by atoms with Gasteiger partial charge in [-0.05, 0) is 0 Å². The van der Waals surface area contributed by atoms with Crippen LogP contribution in [0.15, 0.2) is 0 Å². The fourth-order valence-corrected chi connectivity index (χ4v) is 0.423. The second kappa shape index (κ2) is 3.79. The maximum atomic E-state index is 8.37. The molecule has 0 rings (SSSR count). The van der Waals surface area contributed by atoms with Crippen LogP contribution in [0.4, 0.5) is 0 Å². The topological polar surface area (TPSA) is 20.2 Å². The van der Waals surface area contributed by atoms with E-state index in [-0.39, 0.29) is 5.88 Å². The number of hydrogen-bond acceptors (Lipinski definition) is 1.